The molecule has 5 nitrogen and oxygen atoms in total. The SMILES string of the molecule is NC(=O)CN(Cc1ccc(N)cc1)Cc1cncc(F)c1. The van der Waals surface area contributed by atoms with Gasteiger partial charge >= 0.3 is 0 Å². The van der Waals surface area contributed by atoms with Gasteiger partial charge in [0, 0.05) is 25.0 Å². The number of nitrogens with two attached hydrogens (primary N) is 2. The van der Waals surface area contributed by atoms with Gasteiger partial charge in [0.1, 0.15) is 5.82 Å². The minimum atomic E-state index is -0.435. The van der Waals surface area contributed by atoms with Crippen LogP contribution >= 0.6 is 0 Å². The van der Waals surface area contributed by atoms with Gasteiger partial charge in [0.05, 0.1) is 12.7 Å². The van der Waals surface area contributed by atoms with Gasteiger partial charge in [-0.2, -0.15) is 0 Å². The van der Waals surface area contributed by atoms with Crippen molar-refractivity contribution in [2.75, 3.05) is 12.3 Å². The zero-order valence-corrected chi connectivity index (χ0v) is 11.5. The molecule has 110 valence electrons. The number of benzene rings is 1. The van der Waals surface area contributed by atoms with Crippen molar-refractivity contribution in [3.63, 3.8) is 0 Å². The summed E-state index contributed by atoms with van der Waals surface area (Å²) in [6, 6.07) is 8.74. The molecule has 0 atom stereocenters. The second-order valence-electron chi connectivity index (χ2n) is 4.86. The molecule has 0 aliphatic rings. The van der Waals surface area contributed by atoms with E-state index in [1.165, 1.54) is 6.07 Å². The summed E-state index contributed by atoms with van der Waals surface area (Å²) in [5.41, 5.74) is 13.3. The highest BCUT2D eigenvalue weighted by molar-refractivity contribution is 5.75. The first-order chi connectivity index (χ1) is 10.0. The molecule has 0 fully saturated rings. The third-order valence-corrected chi connectivity index (χ3v) is 2.93. The van der Waals surface area contributed by atoms with Crippen LogP contribution in [0.1, 0.15) is 11.1 Å². The molecule has 1 aromatic heterocycles. The van der Waals surface area contributed by atoms with E-state index in [2.05, 4.69) is 4.98 Å². The van der Waals surface area contributed by atoms with Crippen LogP contribution in [0, 0.1) is 5.82 Å². The molecule has 1 heterocycles. The number of primary amides is 1. The van der Waals surface area contributed by atoms with Crippen LogP contribution in [-0.2, 0) is 17.9 Å². The minimum Gasteiger partial charge on any atom is -0.399 e. The van der Waals surface area contributed by atoms with Gasteiger partial charge in [-0.15, -0.1) is 0 Å². The van der Waals surface area contributed by atoms with Gasteiger partial charge in [-0.25, -0.2) is 4.39 Å². The number of pyridine rings is 1. The van der Waals surface area contributed by atoms with Crippen molar-refractivity contribution in [3.8, 4) is 0 Å². The van der Waals surface area contributed by atoms with Gasteiger partial charge in [0.25, 0.3) is 0 Å². The standard InChI is InChI=1S/C15H17FN4O/c16-13-5-12(6-19-7-13)9-20(10-15(18)21)8-11-1-3-14(17)4-2-11/h1-7H,8-10,17H2,(H2,18,21). The summed E-state index contributed by atoms with van der Waals surface area (Å²) in [5, 5.41) is 0. The van der Waals surface area contributed by atoms with Gasteiger partial charge < -0.3 is 11.5 Å². The van der Waals surface area contributed by atoms with Gasteiger partial charge in [-0.3, -0.25) is 14.7 Å². The van der Waals surface area contributed by atoms with Gasteiger partial charge in [-0.1, -0.05) is 12.1 Å². The number of anilines is 1. The van der Waals surface area contributed by atoms with Crippen LogP contribution < -0.4 is 11.5 Å². The molecule has 2 aromatic rings. The summed E-state index contributed by atoms with van der Waals surface area (Å²) >= 11 is 0. The Balaban J connectivity index is 2.10. The topological polar surface area (TPSA) is 85.2 Å². The number of nitrogen functional groups attached to an aromatic ring is 1. The first-order valence-corrected chi connectivity index (χ1v) is 6.47. The van der Waals surface area contributed by atoms with E-state index in [0.29, 0.717) is 24.3 Å². The summed E-state index contributed by atoms with van der Waals surface area (Å²) in [5.74, 6) is -0.839. The molecule has 0 aliphatic carbocycles. The van der Waals surface area contributed by atoms with E-state index in [0.717, 1.165) is 11.8 Å². The van der Waals surface area contributed by atoms with E-state index in [4.69, 9.17) is 11.5 Å². The molecule has 0 saturated heterocycles. The Hall–Kier alpha value is -2.47. The van der Waals surface area contributed by atoms with Crippen molar-refractivity contribution < 1.29 is 9.18 Å². The number of rotatable bonds is 6. The molecular weight excluding hydrogens is 271 g/mol. The summed E-state index contributed by atoms with van der Waals surface area (Å²) in [4.78, 5) is 16.8. The Morgan fingerprint density at radius 1 is 1.14 bits per heavy atom. The Labute approximate surface area is 122 Å². The summed E-state index contributed by atoms with van der Waals surface area (Å²) < 4.78 is 13.2. The lowest BCUT2D eigenvalue weighted by atomic mass is 10.1. The van der Waals surface area contributed by atoms with Crippen LogP contribution in [0.25, 0.3) is 0 Å². The van der Waals surface area contributed by atoms with Crippen molar-refractivity contribution in [3.05, 3.63) is 59.7 Å². The van der Waals surface area contributed by atoms with Crippen LogP contribution in [0.2, 0.25) is 0 Å². The molecule has 21 heavy (non-hydrogen) atoms. The fourth-order valence-electron chi connectivity index (χ4n) is 2.07. The van der Waals surface area contributed by atoms with Crippen LogP contribution in [0.15, 0.2) is 42.7 Å². The average Bonchev–Trinajstić information content (AvgIpc) is 2.40. The number of carbonyl (C=O) groups is 1. The monoisotopic (exact) mass is 288 g/mol. The molecule has 0 radical (unpaired) electrons. The van der Waals surface area contributed by atoms with Crippen LogP contribution in [0.4, 0.5) is 10.1 Å². The molecule has 6 heteroatoms. The molecule has 0 aliphatic heterocycles. The molecule has 4 N–H and O–H groups in total. The maximum absolute atomic E-state index is 13.2. The van der Waals surface area contributed by atoms with E-state index in [-0.39, 0.29) is 6.54 Å². The molecule has 0 spiro atoms. The van der Waals surface area contributed by atoms with Crippen molar-refractivity contribution in [1.29, 1.82) is 0 Å². The fraction of sp³-hybridized carbons (Fsp3) is 0.200. The number of nitrogens with zero attached hydrogens (tertiary/aromatic N) is 2. The van der Waals surface area contributed by atoms with Gasteiger partial charge in [-0.05, 0) is 29.3 Å². The highest BCUT2D eigenvalue weighted by Crippen LogP contribution is 2.12. The van der Waals surface area contributed by atoms with Gasteiger partial charge in [0.2, 0.25) is 5.91 Å². The lowest BCUT2D eigenvalue weighted by Gasteiger charge is -2.20. The van der Waals surface area contributed by atoms with Crippen LogP contribution in [0.3, 0.4) is 0 Å². The molecule has 1 aromatic carbocycles. The average molecular weight is 288 g/mol. The maximum atomic E-state index is 13.2. The zero-order valence-electron chi connectivity index (χ0n) is 11.5. The smallest absolute Gasteiger partial charge is 0.231 e. The Kier molecular flexibility index (Phi) is 4.84. The number of halogens is 1. The Bertz CT molecular complexity index is 615. The van der Waals surface area contributed by atoms with E-state index in [9.17, 15) is 9.18 Å². The maximum Gasteiger partial charge on any atom is 0.231 e. The van der Waals surface area contributed by atoms with Crippen molar-refractivity contribution in [1.82, 2.24) is 9.88 Å². The highest BCUT2D eigenvalue weighted by Gasteiger charge is 2.11. The first-order valence-electron chi connectivity index (χ1n) is 6.47. The fourth-order valence-corrected chi connectivity index (χ4v) is 2.07. The van der Waals surface area contributed by atoms with Crippen molar-refractivity contribution >= 4 is 11.6 Å². The summed E-state index contributed by atoms with van der Waals surface area (Å²) in [6.45, 7) is 0.985. The molecule has 1 amide bonds. The first kappa shape index (κ1) is 14.9. The second-order valence-corrected chi connectivity index (χ2v) is 4.86. The molecular formula is C15H17FN4O. The third kappa shape index (κ3) is 4.85. The lowest BCUT2D eigenvalue weighted by molar-refractivity contribution is -0.119. The van der Waals surface area contributed by atoms with E-state index in [1.807, 2.05) is 17.0 Å². The van der Waals surface area contributed by atoms with Gasteiger partial charge in [0.15, 0.2) is 0 Å². The second kappa shape index (κ2) is 6.81. The normalized spacial score (nSPS) is 10.8. The molecule has 0 unspecified atom stereocenters. The zero-order chi connectivity index (χ0) is 15.2. The number of amides is 1. The molecule has 0 bridgehead atoms. The van der Waals surface area contributed by atoms with Crippen LogP contribution in [-0.4, -0.2) is 22.3 Å². The third-order valence-electron chi connectivity index (χ3n) is 2.93. The number of hydrogen-bond donors (Lipinski definition) is 2. The Morgan fingerprint density at radius 2 is 1.81 bits per heavy atom. The highest BCUT2D eigenvalue weighted by atomic mass is 19.1. The van der Waals surface area contributed by atoms with Crippen molar-refractivity contribution in [2.24, 2.45) is 5.73 Å². The van der Waals surface area contributed by atoms with Crippen molar-refractivity contribution in [2.45, 2.75) is 13.1 Å². The molecule has 0 saturated carbocycles. The van der Waals surface area contributed by atoms with Crippen LogP contribution in [0.5, 0.6) is 0 Å². The predicted molar refractivity (Wildman–Crippen MR) is 78.4 cm³/mol. The van der Waals surface area contributed by atoms with E-state index < -0.39 is 11.7 Å². The predicted octanol–water partition coefficient (Wildman–Crippen LogP) is 1.29. The lowest BCUT2D eigenvalue weighted by Crippen LogP contribution is -2.33. The summed E-state index contributed by atoms with van der Waals surface area (Å²) in [7, 11) is 0. The summed E-state index contributed by atoms with van der Waals surface area (Å²) in [6.07, 6.45) is 2.71. The largest absolute Gasteiger partial charge is 0.399 e. The van der Waals surface area contributed by atoms with E-state index in [1.54, 1.807) is 18.3 Å². The minimum absolute atomic E-state index is 0.0842. The number of aromatic nitrogens is 1. The molecule has 2 rings (SSSR count). The number of carbonyl (C=O) groups excluding carboxylic acids is 1. The number of hydrogen-bond acceptors (Lipinski definition) is 4. The quantitative estimate of drug-likeness (QED) is 0.784. The Morgan fingerprint density at radius 3 is 2.43 bits per heavy atom. The van der Waals surface area contributed by atoms with E-state index >= 15 is 0 Å².